The monoisotopic (exact) mass is 398 g/mol. The molecule has 0 radical (unpaired) electrons. The summed E-state index contributed by atoms with van der Waals surface area (Å²) >= 11 is 0. The van der Waals surface area contributed by atoms with E-state index in [1.54, 1.807) is 6.92 Å². The Kier molecular flexibility index (Phi) is 6.44. The van der Waals surface area contributed by atoms with Crippen molar-refractivity contribution in [3.63, 3.8) is 0 Å². The Hall–Kier alpha value is -1.89. The number of sulfonamides is 1. The number of nitrogens with one attached hydrogen (secondary N) is 2. The average molecular weight is 398 g/mol. The Bertz CT molecular complexity index is 726. The van der Waals surface area contributed by atoms with E-state index in [4.69, 9.17) is 4.52 Å². The Morgan fingerprint density at radius 2 is 2.04 bits per heavy atom. The Morgan fingerprint density at radius 1 is 1.38 bits per heavy atom. The summed E-state index contributed by atoms with van der Waals surface area (Å²) < 4.78 is 66.0. The van der Waals surface area contributed by atoms with Crippen molar-refractivity contribution in [2.45, 2.75) is 44.8 Å². The SMILES string of the molecule is CCNC(=NCc1noc(C)n1)NC1CCN(S(=O)(=O)C(F)(F)F)CC1. The van der Waals surface area contributed by atoms with Crippen molar-refractivity contribution < 1.29 is 26.1 Å². The second-order valence-corrected chi connectivity index (χ2v) is 7.62. The number of alkyl halides is 3. The van der Waals surface area contributed by atoms with Gasteiger partial charge in [0.2, 0.25) is 5.89 Å². The van der Waals surface area contributed by atoms with Crippen LogP contribution in [0, 0.1) is 6.92 Å². The number of halogens is 3. The molecule has 0 saturated carbocycles. The number of aromatic nitrogens is 2. The zero-order chi connectivity index (χ0) is 19.4. The van der Waals surface area contributed by atoms with E-state index >= 15 is 0 Å². The zero-order valence-electron chi connectivity index (χ0n) is 14.4. The van der Waals surface area contributed by atoms with Gasteiger partial charge in [-0.25, -0.2) is 13.4 Å². The van der Waals surface area contributed by atoms with Crippen molar-refractivity contribution in [1.29, 1.82) is 0 Å². The molecule has 26 heavy (non-hydrogen) atoms. The van der Waals surface area contributed by atoms with Crippen LogP contribution in [0.5, 0.6) is 0 Å². The van der Waals surface area contributed by atoms with Crippen molar-refractivity contribution >= 4 is 16.0 Å². The molecule has 1 fully saturated rings. The second-order valence-electron chi connectivity index (χ2n) is 5.69. The van der Waals surface area contributed by atoms with Crippen LogP contribution in [0.25, 0.3) is 0 Å². The first-order valence-corrected chi connectivity index (χ1v) is 9.48. The van der Waals surface area contributed by atoms with E-state index in [1.165, 1.54) is 0 Å². The first-order valence-electron chi connectivity index (χ1n) is 8.04. The third kappa shape index (κ3) is 5.06. The molecule has 2 N–H and O–H groups in total. The lowest BCUT2D eigenvalue weighted by Gasteiger charge is -2.32. The van der Waals surface area contributed by atoms with E-state index in [0.29, 0.717) is 28.5 Å². The molecule has 9 nitrogen and oxygen atoms in total. The summed E-state index contributed by atoms with van der Waals surface area (Å²) in [6.07, 6.45) is 0.474. The van der Waals surface area contributed by atoms with Gasteiger partial charge in [0.1, 0.15) is 6.54 Å². The smallest absolute Gasteiger partial charge is 0.357 e. The third-order valence-electron chi connectivity index (χ3n) is 3.72. The topological polar surface area (TPSA) is 113 Å². The van der Waals surface area contributed by atoms with Crippen molar-refractivity contribution in [1.82, 2.24) is 25.1 Å². The number of aryl methyl sites for hydroxylation is 1. The van der Waals surface area contributed by atoms with Gasteiger partial charge in [0.25, 0.3) is 0 Å². The number of guanidine groups is 1. The lowest BCUT2D eigenvalue weighted by molar-refractivity contribution is -0.0494. The van der Waals surface area contributed by atoms with Gasteiger partial charge in [0.05, 0.1) is 0 Å². The summed E-state index contributed by atoms with van der Waals surface area (Å²) in [6, 6.07) is -0.195. The summed E-state index contributed by atoms with van der Waals surface area (Å²) in [5.74, 6) is 1.28. The third-order valence-corrected chi connectivity index (χ3v) is 5.35. The van der Waals surface area contributed by atoms with Crippen molar-refractivity contribution in [3.05, 3.63) is 11.7 Å². The molecule has 0 atom stereocenters. The normalized spacial score (nSPS) is 18.1. The molecule has 1 aliphatic rings. The van der Waals surface area contributed by atoms with Crippen molar-refractivity contribution in [2.75, 3.05) is 19.6 Å². The lowest BCUT2D eigenvalue weighted by atomic mass is 10.1. The van der Waals surface area contributed by atoms with E-state index in [1.807, 2.05) is 6.92 Å². The van der Waals surface area contributed by atoms with Gasteiger partial charge in [-0.05, 0) is 19.8 Å². The van der Waals surface area contributed by atoms with E-state index in [-0.39, 0.29) is 38.5 Å². The largest absolute Gasteiger partial charge is 0.511 e. The highest BCUT2D eigenvalue weighted by Gasteiger charge is 2.50. The summed E-state index contributed by atoms with van der Waals surface area (Å²) in [4.78, 5) is 8.32. The Labute approximate surface area is 149 Å². The maximum absolute atomic E-state index is 12.6. The molecule has 0 aliphatic carbocycles. The molecule has 0 unspecified atom stereocenters. The van der Waals surface area contributed by atoms with Crippen LogP contribution in [0.4, 0.5) is 13.2 Å². The van der Waals surface area contributed by atoms with Crippen LogP contribution >= 0.6 is 0 Å². The van der Waals surface area contributed by atoms with E-state index in [0.717, 1.165) is 0 Å². The Balaban J connectivity index is 1.93. The van der Waals surface area contributed by atoms with E-state index < -0.39 is 15.5 Å². The minimum absolute atomic E-state index is 0.175. The molecule has 1 aromatic rings. The fraction of sp³-hybridized carbons (Fsp3) is 0.769. The highest BCUT2D eigenvalue weighted by atomic mass is 32.2. The fourth-order valence-corrected chi connectivity index (χ4v) is 3.44. The van der Waals surface area contributed by atoms with Crippen LogP contribution in [0.2, 0.25) is 0 Å². The predicted molar refractivity (Wildman–Crippen MR) is 86.6 cm³/mol. The number of aliphatic imine (C=N–C) groups is 1. The van der Waals surface area contributed by atoms with Crippen LogP contribution in [-0.2, 0) is 16.6 Å². The van der Waals surface area contributed by atoms with Gasteiger partial charge in [0, 0.05) is 32.6 Å². The number of hydrogen-bond donors (Lipinski definition) is 2. The minimum Gasteiger partial charge on any atom is -0.357 e. The number of nitrogens with zero attached hydrogens (tertiary/aromatic N) is 4. The first kappa shape index (κ1) is 20.4. The van der Waals surface area contributed by atoms with Gasteiger partial charge >= 0.3 is 15.5 Å². The number of rotatable bonds is 5. The maximum atomic E-state index is 12.6. The predicted octanol–water partition coefficient (Wildman–Crippen LogP) is 0.747. The molecule has 2 heterocycles. The molecule has 1 aliphatic heterocycles. The van der Waals surface area contributed by atoms with Gasteiger partial charge in [-0.1, -0.05) is 5.16 Å². The first-order chi connectivity index (χ1) is 12.1. The van der Waals surface area contributed by atoms with Crippen molar-refractivity contribution in [3.8, 4) is 0 Å². The Morgan fingerprint density at radius 3 is 2.54 bits per heavy atom. The van der Waals surface area contributed by atoms with Gasteiger partial charge in [-0.3, -0.25) is 0 Å². The number of piperidine rings is 1. The van der Waals surface area contributed by atoms with Crippen LogP contribution in [0.1, 0.15) is 31.5 Å². The van der Waals surface area contributed by atoms with Crippen LogP contribution in [0.3, 0.4) is 0 Å². The minimum atomic E-state index is -5.27. The lowest BCUT2D eigenvalue weighted by Crippen LogP contribution is -2.51. The summed E-state index contributed by atoms with van der Waals surface area (Å²) in [5.41, 5.74) is -5.27. The fourth-order valence-electron chi connectivity index (χ4n) is 2.46. The van der Waals surface area contributed by atoms with Crippen molar-refractivity contribution in [2.24, 2.45) is 4.99 Å². The standard InChI is InChI=1S/C13H21F3N6O3S/c1-3-17-12(18-8-11-19-9(2)25-21-11)20-10-4-6-22(7-5-10)26(23,24)13(14,15)16/h10H,3-8H2,1-2H3,(H2,17,18,20). The summed E-state index contributed by atoms with van der Waals surface area (Å²) in [5, 5.41) is 9.83. The van der Waals surface area contributed by atoms with E-state index in [2.05, 4.69) is 25.8 Å². The van der Waals surface area contributed by atoms with Crippen LogP contribution in [-0.4, -0.2) is 60.0 Å². The van der Waals surface area contributed by atoms with Gasteiger partial charge < -0.3 is 15.2 Å². The quantitative estimate of drug-likeness (QED) is 0.556. The summed E-state index contributed by atoms with van der Waals surface area (Å²) in [7, 11) is -5.27. The molecule has 1 saturated heterocycles. The molecule has 2 rings (SSSR count). The van der Waals surface area contributed by atoms with Gasteiger partial charge in [-0.15, -0.1) is 0 Å². The summed E-state index contributed by atoms with van der Waals surface area (Å²) in [6.45, 7) is 3.87. The molecule has 0 amide bonds. The number of hydrogen-bond acceptors (Lipinski definition) is 6. The highest BCUT2D eigenvalue weighted by molar-refractivity contribution is 7.90. The van der Waals surface area contributed by atoms with Gasteiger partial charge in [0.15, 0.2) is 11.8 Å². The molecule has 1 aromatic heterocycles. The molecule has 13 heteroatoms. The van der Waals surface area contributed by atoms with Gasteiger partial charge in [-0.2, -0.15) is 22.5 Å². The second kappa shape index (κ2) is 8.20. The average Bonchev–Trinajstić information content (AvgIpc) is 2.98. The zero-order valence-corrected chi connectivity index (χ0v) is 15.2. The highest BCUT2D eigenvalue weighted by Crippen LogP contribution is 2.28. The molecule has 148 valence electrons. The molecule has 0 bridgehead atoms. The van der Waals surface area contributed by atoms with E-state index in [9.17, 15) is 21.6 Å². The molecule has 0 aromatic carbocycles. The molecular weight excluding hydrogens is 377 g/mol. The molecular formula is C13H21F3N6O3S. The molecule has 0 spiro atoms. The van der Waals surface area contributed by atoms with Crippen LogP contribution < -0.4 is 10.6 Å². The maximum Gasteiger partial charge on any atom is 0.511 e. The van der Waals surface area contributed by atoms with Crippen LogP contribution in [0.15, 0.2) is 9.52 Å².